The molecule has 0 aliphatic rings. The maximum Gasteiger partial charge on any atom is 0.0213 e. The molecule has 0 amide bonds. The molecule has 14 heavy (non-hydrogen) atoms. The van der Waals surface area contributed by atoms with Crippen LogP contribution in [0.5, 0.6) is 0 Å². The zero-order valence-corrected chi connectivity index (χ0v) is 9.81. The van der Waals surface area contributed by atoms with Crippen molar-refractivity contribution in [3.63, 3.8) is 0 Å². The molecular formula is C11H20N2S. The molecule has 3 N–H and O–H groups in total. The minimum atomic E-state index is 0.452. The van der Waals surface area contributed by atoms with Crippen LogP contribution in [0.4, 0.5) is 0 Å². The number of nitrogens with one attached hydrogen (secondary N) is 1. The van der Waals surface area contributed by atoms with E-state index in [0.717, 1.165) is 19.5 Å². The minimum Gasteiger partial charge on any atom is -0.329 e. The zero-order valence-electron chi connectivity index (χ0n) is 8.99. The minimum absolute atomic E-state index is 0.452. The van der Waals surface area contributed by atoms with Crippen molar-refractivity contribution in [1.29, 1.82) is 0 Å². The van der Waals surface area contributed by atoms with Gasteiger partial charge in [-0.1, -0.05) is 13.8 Å². The first kappa shape index (κ1) is 11.7. The number of hydrogen-bond donors (Lipinski definition) is 2. The van der Waals surface area contributed by atoms with E-state index in [2.05, 4.69) is 36.0 Å². The van der Waals surface area contributed by atoms with E-state index in [4.69, 9.17) is 5.73 Å². The maximum atomic E-state index is 5.67. The van der Waals surface area contributed by atoms with Gasteiger partial charge in [0.05, 0.1) is 0 Å². The summed E-state index contributed by atoms with van der Waals surface area (Å²) in [6, 6.07) is 2.63. The molecule has 1 rings (SSSR count). The first-order valence-corrected chi connectivity index (χ1v) is 6.13. The molecule has 3 heteroatoms. The maximum absolute atomic E-state index is 5.67. The number of hydrogen-bond acceptors (Lipinski definition) is 3. The second-order valence-electron chi connectivity index (χ2n) is 3.92. The largest absolute Gasteiger partial charge is 0.329 e. The molecule has 1 aromatic heterocycles. The second kappa shape index (κ2) is 6.17. The fourth-order valence-corrected chi connectivity index (χ4v) is 2.13. The Labute approximate surface area is 90.5 Å². The van der Waals surface area contributed by atoms with Crippen molar-refractivity contribution in [3.8, 4) is 0 Å². The third kappa shape index (κ3) is 3.78. The summed E-state index contributed by atoms with van der Waals surface area (Å²) in [6.07, 6.45) is 1.10. The Kier molecular flexibility index (Phi) is 5.15. The zero-order chi connectivity index (χ0) is 10.4. The van der Waals surface area contributed by atoms with E-state index in [-0.39, 0.29) is 0 Å². The molecule has 0 saturated heterocycles. The van der Waals surface area contributed by atoms with E-state index in [1.165, 1.54) is 5.56 Å². The van der Waals surface area contributed by atoms with E-state index < -0.39 is 0 Å². The van der Waals surface area contributed by atoms with Crippen molar-refractivity contribution in [2.45, 2.75) is 26.3 Å². The summed E-state index contributed by atoms with van der Waals surface area (Å²) < 4.78 is 0. The Hall–Kier alpha value is -0.380. The Morgan fingerprint density at radius 1 is 1.50 bits per heavy atom. The van der Waals surface area contributed by atoms with Gasteiger partial charge in [0.2, 0.25) is 0 Å². The summed E-state index contributed by atoms with van der Waals surface area (Å²) in [5.41, 5.74) is 7.09. The molecule has 0 radical (unpaired) electrons. The van der Waals surface area contributed by atoms with E-state index in [1.54, 1.807) is 11.3 Å². The Morgan fingerprint density at radius 3 is 2.79 bits per heavy atom. The summed E-state index contributed by atoms with van der Waals surface area (Å²) >= 11 is 1.76. The predicted molar refractivity (Wildman–Crippen MR) is 63.7 cm³/mol. The molecule has 2 nitrogen and oxygen atoms in total. The Balaban J connectivity index is 2.20. The predicted octanol–water partition coefficient (Wildman–Crippen LogP) is 1.86. The van der Waals surface area contributed by atoms with Crippen molar-refractivity contribution < 1.29 is 0 Å². The van der Waals surface area contributed by atoms with Gasteiger partial charge in [0, 0.05) is 12.6 Å². The van der Waals surface area contributed by atoms with Gasteiger partial charge in [0.1, 0.15) is 0 Å². The van der Waals surface area contributed by atoms with Crippen LogP contribution in [-0.4, -0.2) is 19.1 Å². The molecule has 0 bridgehead atoms. The Bertz CT molecular complexity index is 231. The van der Waals surface area contributed by atoms with Gasteiger partial charge in [0.25, 0.3) is 0 Å². The monoisotopic (exact) mass is 212 g/mol. The first-order valence-electron chi connectivity index (χ1n) is 5.18. The van der Waals surface area contributed by atoms with E-state index in [1.807, 2.05) is 0 Å². The molecular weight excluding hydrogens is 192 g/mol. The van der Waals surface area contributed by atoms with Gasteiger partial charge >= 0.3 is 0 Å². The van der Waals surface area contributed by atoms with Gasteiger partial charge in [-0.15, -0.1) is 0 Å². The molecule has 1 unspecified atom stereocenters. The van der Waals surface area contributed by atoms with Crippen LogP contribution in [0.3, 0.4) is 0 Å². The fraction of sp³-hybridized carbons (Fsp3) is 0.636. The fourth-order valence-electron chi connectivity index (χ4n) is 1.43. The molecule has 1 aromatic rings. The molecule has 0 saturated carbocycles. The topological polar surface area (TPSA) is 38.0 Å². The van der Waals surface area contributed by atoms with Gasteiger partial charge in [-0.25, -0.2) is 0 Å². The number of rotatable bonds is 6. The molecule has 0 aliphatic carbocycles. The third-order valence-electron chi connectivity index (χ3n) is 2.46. The van der Waals surface area contributed by atoms with Gasteiger partial charge in [-0.05, 0) is 41.3 Å². The van der Waals surface area contributed by atoms with Crippen LogP contribution in [0.15, 0.2) is 16.8 Å². The average Bonchev–Trinajstić information content (AvgIpc) is 2.64. The number of thiophene rings is 1. The lowest BCUT2D eigenvalue weighted by molar-refractivity contribution is 0.409. The van der Waals surface area contributed by atoms with E-state index in [9.17, 15) is 0 Å². The lowest BCUT2D eigenvalue weighted by Gasteiger charge is -2.20. The van der Waals surface area contributed by atoms with Crippen LogP contribution >= 0.6 is 11.3 Å². The second-order valence-corrected chi connectivity index (χ2v) is 4.70. The van der Waals surface area contributed by atoms with Crippen LogP contribution in [0.1, 0.15) is 19.4 Å². The molecule has 0 aliphatic heterocycles. The summed E-state index contributed by atoms with van der Waals surface area (Å²) in [4.78, 5) is 0. The SMILES string of the molecule is CC(C)C(CN)NCCc1ccsc1. The summed E-state index contributed by atoms with van der Waals surface area (Å²) in [5, 5.41) is 7.81. The molecule has 80 valence electrons. The van der Waals surface area contributed by atoms with Crippen molar-refractivity contribution >= 4 is 11.3 Å². The summed E-state index contributed by atoms with van der Waals surface area (Å²) in [5.74, 6) is 0.613. The lowest BCUT2D eigenvalue weighted by Crippen LogP contribution is -2.41. The van der Waals surface area contributed by atoms with E-state index >= 15 is 0 Å². The van der Waals surface area contributed by atoms with Crippen molar-refractivity contribution in [2.24, 2.45) is 11.7 Å². The summed E-state index contributed by atoms with van der Waals surface area (Å²) in [7, 11) is 0. The molecule has 1 atom stereocenters. The smallest absolute Gasteiger partial charge is 0.0213 e. The van der Waals surface area contributed by atoms with E-state index in [0.29, 0.717) is 12.0 Å². The van der Waals surface area contributed by atoms with Crippen LogP contribution in [0, 0.1) is 5.92 Å². The van der Waals surface area contributed by atoms with Crippen LogP contribution in [-0.2, 0) is 6.42 Å². The highest BCUT2D eigenvalue weighted by Crippen LogP contribution is 2.06. The third-order valence-corrected chi connectivity index (χ3v) is 3.19. The first-order chi connectivity index (χ1) is 6.74. The quantitative estimate of drug-likeness (QED) is 0.755. The van der Waals surface area contributed by atoms with Gasteiger partial charge in [0.15, 0.2) is 0 Å². The highest BCUT2D eigenvalue weighted by atomic mass is 32.1. The molecule has 0 aromatic carbocycles. The highest BCUT2D eigenvalue weighted by Gasteiger charge is 2.09. The van der Waals surface area contributed by atoms with Gasteiger partial charge in [-0.3, -0.25) is 0 Å². The van der Waals surface area contributed by atoms with Crippen LogP contribution < -0.4 is 11.1 Å². The number of nitrogens with two attached hydrogens (primary N) is 1. The molecule has 0 spiro atoms. The van der Waals surface area contributed by atoms with Gasteiger partial charge < -0.3 is 11.1 Å². The van der Waals surface area contributed by atoms with Crippen molar-refractivity contribution in [1.82, 2.24) is 5.32 Å². The standard InChI is InChI=1S/C11H20N2S/c1-9(2)11(7-12)13-5-3-10-4-6-14-8-10/h4,6,8-9,11,13H,3,5,7,12H2,1-2H3. The van der Waals surface area contributed by atoms with Crippen LogP contribution in [0.2, 0.25) is 0 Å². The summed E-state index contributed by atoms with van der Waals surface area (Å²) in [6.45, 7) is 6.16. The van der Waals surface area contributed by atoms with Gasteiger partial charge in [-0.2, -0.15) is 11.3 Å². The molecule has 1 heterocycles. The van der Waals surface area contributed by atoms with Crippen LogP contribution in [0.25, 0.3) is 0 Å². The molecule has 0 fully saturated rings. The van der Waals surface area contributed by atoms with Crippen molar-refractivity contribution in [3.05, 3.63) is 22.4 Å². The average molecular weight is 212 g/mol. The lowest BCUT2D eigenvalue weighted by atomic mass is 10.0. The Morgan fingerprint density at radius 2 is 2.29 bits per heavy atom. The highest BCUT2D eigenvalue weighted by molar-refractivity contribution is 7.07. The van der Waals surface area contributed by atoms with Crippen molar-refractivity contribution in [2.75, 3.05) is 13.1 Å². The normalized spacial score (nSPS) is 13.4.